The van der Waals surface area contributed by atoms with Crippen molar-refractivity contribution >= 4 is 11.8 Å². The molecule has 4 nitrogen and oxygen atoms in total. The summed E-state index contributed by atoms with van der Waals surface area (Å²) in [5.74, 6) is 2.44. The minimum absolute atomic E-state index is 0.797. The molecule has 0 unspecified atom stereocenters. The van der Waals surface area contributed by atoms with Crippen molar-refractivity contribution in [3.63, 3.8) is 0 Å². The van der Waals surface area contributed by atoms with Crippen LogP contribution in [0.1, 0.15) is 5.56 Å². The second-order valence-electron chi connectivity index (χ2n) is 6.42. The van der Waals surface area contributed by atoms with E-state index < -0.39 is 0 Å². The molecule has 0 aliphatic carbocycles. The first kappa shape index (κ1) is 18.3. The lowest BCUT2D eigenvalue weighted by Crippen LogP contribution is -1.97. The number of aromatic nitrogens is 3. The van der Waals surface area contributed by atoms with Gasteiger partial charge in [-0.3, -0.25) is 0 Å². The molecule has 140 valence electrons. The van der Waals surface area contributed by atoms with E-state index in [0.717, 1.165) is 28.0 Å². The fourth-order valence-corrected chi connectivity index (χ4v) is 3.94. The first-order valence-electron chi connectivity index (χ1n) is 9.06. The predicted octanol–water partition coefficient (Wildman–Crippen LogP) is 5.45. The molecule has 4 aromatic rings. The topological polar surface area (TPSA) is 39.9 Å². The molecule has 4 rings (SSSR count). The highest BCUT2D eigenvalue weighted by Crippen LogP contribution is 2.31. The normalized spacial score (nSPS) is 10.8. The molecule has 28 heavy (non-hydrogen) atoms. The Balaban J connectivity index is 1.48. The zero-order valence-corrected chi connectivity index (χ0v) is 16.7. The summed E-state index contributed by atoms with van der Waals surface area (Å²) in [4.78, 5) is 0. The third kappa shape index (κ3) is 3.80. The predicted molar refractivity (Wildman–Crippen MR) is 114 cm³/mol. The van der Waals surface area contributed by atoms with Crippen molar-refractivity contribution in [3.8, 4) is 28.3 Å². The average molecular weight is 388 g/mol. The van der Waals surface area contributed by atoms with Crippen molar-refractivity contribution < 1.29 is 4.74 Å². The van der Waals surface area contributed by atoms with Crippen molar-refractivity contribution in [2.75, 3.05) is 7.11 Å². The second-order valence-corrected chi connectivity index (χ2v) is 7.36. The van der Waals surface area contributed by atoms with Crippen molar-refractivity contribution in [2.24, 2.45) is 7.05 Å². The van der Waals surface area contributed by atoms with Crippen molar-refractivity contribution in [1.82, 2.24) is 14.8 Å². The van der Waals surface area contributed by atoms with Gasteiger partial charge in [0, 0.05) is 12.8 Å². The van der Waals surface area contributed by atoms with Crippen LogP contribution in [0.5, 0.6) is 5.75 Å². The van der Waals surface area contributed by atoms with E-state index in [1.54, 1.807) is 18.9 Å². The number of ether oxygens (including phenoxy) is 1. The van der Waals surface area contributed by atoms with Gasteiger partial charge in [0.2, 0.25) is 0 Å². The number of thioether (sulfide) groups is 1. The smallest absolute Gasteiger partial charge is 0.191 e. The van der Waals surface area contributed by atoms with Gasteiger partial charge < -0.3 is 9.30 Å². The van der Waals surface area contributed by atoms with Crippen molar-refractivity contribution in [2.45, 2.75) is 10.9 Å². The summed E-state index contributed by atoms with van der Waals surface area (Å²) in [6.45, 7) is 0. The van der Waals surface area contributed by atoms with Gasteiger partial charge in [-0.05, 0) is 28.8 Å². The Morgan fingerprint density at radius 3 is 2.25 bits per heavy atom. The van der Waals surface area contributed by atoms with Crippen LogP contribution in [0.15, 0.2) is 84.0 Å². The molecular formula is C23H21N3OS. The molecule has 3 aromatic carbocycles. The molecular weight excluding hydrogens is 366 g/mol. The third-order valence-electron chi connectivity index (χ3n) is 4.61. The van der Waals surface area contributed by atoms with Gasteiger partial charge in [0.25, 0.3) is 0 Å². The Bertz CT molecular complexity index is 1060. The van der Waals surface area contributed by atoms with Crippen LogP contribution in [-0.4, -0.2) is 21.9 Å². The lowest BCUT2D eigenvalue weighted by atomic mass is 10.0. The molecule has 5 heteroatoms. The first-order chi connectivity index (χ1) is 13.8. The van der Waals surface area contributed by atoms with Crippen LogP contribution in [0.2, 0.25) is 0 Å². The van der Waals surface area contributed by atoms with Crippen molar-refractivity contribution in [3.05, 3.63) is 84.4 Å². The number of benzene rings is 3. The number of nitrogens with zero attached hydrogens (tertiary/aromatic N) is 3. The summed E-state index contributed by atoms with van der Waals surface area (Å²) in [5, 5.41) is 9.62. The van der Waals surface area contributed by atoms with Crippen LogP contribution >= 0.6 is 11.8 Å². The number of hydrogen-bond donors (Lipinski definition) is 0. The van der Waals surface area contributed by atoms with Crippen LogP contribution in [0.3, 0.4) is 0 Å². The maximum atomic E-state index is 5.45. The Labute approximate surface area is 169 Å². The minimum atomic E-state index is 0.797. The standard InChI is InChI=1S/C23H21N3OS/c1-26-22(20-10-6-7-11-21(20)27-2)24-25-23(26)28-16-17-12-14-19(15-13-17)18-8-4-3-5-9-18/h3-15H,16H2,1-2H3. The summed E-state index contributed by atoms with van der Waals surface area (Å²) in [6.07, 6.45) is 0. The van der Waals surface area contributed by atoms with Gasteiger partial charge in [0.1, 0.15) is 5.75 Å². The van der Waals surface area contributed by atoms with E-state index in [1.165, 1.54) is 16.7 Å². The van der Waals surface area contributed by atoms with E-state index in [0.29, 0.717) is 0 Å². The van der Waals surface area contributed by atoms with Crippen LogP contribution in [0.4, 0.5) is 0 Å². The highest BCUT2D eigenvalue weighted by atomic mass is 32.2. The van der Waals surface area contributed by atoms with Gasteiger partial charge in [0.15, 0.2) is 11.0 Å². The average Bonchev–Trinajstić information content (AvgIpc) is 3.13. The van der Waals surface area contributed by atoms with Crippen LogP contribution < -0.4 is 4.74 Å². The summed E-state index contributed by atoms with van der Waals surface area (Å²) in [5.41, 5.74) is 4.66. The van der Waals surface area contributed by atoms with Gasteiger partial charge in [-0.15, -0.1) is 10.2 Å². The van der Waals surface area contributed by atoms with E-state index in [2.05, 4.69) is 58.7 Å². The Morgan fingerprint density at radius 2 is 1.50 bits per heavy atom. The molecule has 0 N–H and O–H groups in total. The summed E-state index contributed by atoms with van der Waals surface area (Å²) in [6, 6.07) is 27.0. The number of para-hydroxylation sites is 1. The Hall–Kier alpha value is -3.05. The van der Waals surface area contributed by atoms with E-state index in [-0.39, 0.29) is 0 Å². The third-order valence-corrected chi connectivity index (χ3v) is 5.70. The largest absolute Gasteiger partial charge is 0.496 e. The fraction of sp³-hybridized carbons (Fsp3) is 0.130. The monoisotopic (exact) mass is 387 g/mol. The Kier molecular flexibility index (Phi) is 5.44. The summed E-state index contributed by atoms with van der Waals surface area (Å²) >= 11 is 1.68. The Morgan fingerprint density at radius 1 is 0.821 bits per heavy atom. The lowest BCUT2D eigenvalue weighted by Gasteiger charge is -2.08. The molecule has 0 spiro atoms. The molecule has 1 heterocycles. The molecule has 1 aromatic heterocycles. The highest BCUT2D eigenvalue weighted by Gasteiger charge is 2.14. The number of methoxy groups -OCH3 is 1. The maximum absolute atomic E-state index is 5.45. The van der Waals surface area contributed by atoms with Crippen molar-refractivity contribution in [1.29, 1.82) is 0 Å². The maximum Gasteiger partial charge on any atom is 0.191 e. The van der Waals surface area contributed by atoms with E-state index >= 15 is 0 Å². The molecule has 0 radical (unpaired) electrons. The number of rotatable bonds is 6. The molecule has 0 atom stereocenters. The molecule has 0 aliphatic heterocycles. The minimum Gasteiger partial charge on any atom is -0.496 e. The van der Waals surface area contributed by atoms with Crippen LogP contribution in [0.25, 0.3) is 22.5 Å². The SMILES string of the molecule is COc1ccccc1-c1nnc(SCc2ccc(-c3ccccc3)cc2)n1C. The first-order valence-corrected chi connectivity index (χ1v) is 10.0. The summed E-state index contributed by atoms with van der Waals surface area (Å²) < 4.78 is 7.47. The van der Waals surface area contributed by atoms with Gasteiger partial charge in [-0.25, -0.2) is 0 Å². The number of hydrogen-bond acceptors (Lipinski definition) is 4. The quantitative estimate of drug-likeness (QED) is 0.413. The molecule has 0 saturated heterocycles. The zero-order chi connectivity index (χ0) is 19.3. The van der Waals surface area contributed by atoms with E-state index in [4.69, 9.17) is 4.74 Å². The van der Waals surface area contributed by atoms with Gasteiger partial charge in [-0.2, -0.15) is 0 Å². The fourth-order valence-electron chi connectivity index (χ4n) is 3.08. The van der Waals surface area contributed by atoms with Crippen LogP contribution in [0, 0.1) is 0 Å². The van der Waals surface area contributed by atoms with E-state index in [1.807, 2.05) is 41.9 Å². The second kappa shape index (κ2) is 8.31. The molecule has 0 amide bonds. The summed E-state index contributed by atoms with van der Waals surface area (Å²) in [7, 11) is 3.66. The highest BCUT2D eigenvalue weighted by molar-refractivity contribution is 7.98. The molecule has 0 aliphatic rings. The van der Waals surface area contributed by atoms with Gasteiger partial charge in [0.05, 0.1) is 12.7 Å². The van der Waals surface area contributed by atoms with Gasteiger partial charge >= 0.3 is 0 Å². The zero-order valence-electron chi connectivity index (χ0n) is 15.9. The molecule has 0 fully saturated rings. The van der Waals surface area contributed by atoms with E-state index in [9.17, 15) is 0 Å². The lowest BCUT2D eigenvalue weighted by molar-refractivity contribution is 0.416. The molecule has 0 bridgehead atoms. The molecule has 0 saturated carbocycles. The van der Waals surface area contributed by atoms with Crippen LogP contribution in [-0.2, 0) is 12.8 Å². The van der Waals surface area contributed by atoms with Gasteiger partial charge in [-0.1, -0.05) is 78.5 Å².